The number of ether oxygens (including phenoxy) is 1. The van der Waals surface area contributed by atoms with Crippen molar-refractivity contribution in [1.82, 2.24) is 0 Å². The van der Waals surface area contributed by atoms with Crippen molar-refractivity contribution in [2.24, 2.45) is 11.7 Å². The first kappa shape index (κ1) is 10.6. The molecular formula is C12H16FNO. The summed E-state index contributed by atoms with van der Waals surface area (Å²) in [5.74, 6) is 0.252. The molecule has 15 heavy (non-hydrogen) atoms. The van der Waals surface area contributed by atoms with E-state index in [1.54, 1.807) is 12.1 Å². The van der Waals surface area contributed by atoms with E-state index in [0.717, 1.165) is 31.6 Å². The molecule has 0 amide bonds. The van der Waals surface area contributed by atoms with Gasteiger partial charge in [-0.2, -0.15) is 0 Å². The fourth-order valence-electron chi connectivity index (χ4n) is 2.03. The minimum Gasteiger partial charge on any atom is -0.381 e. The van der Waals surface area contributed by atoms with E-state index in [1.807, 2.05) is 0 Å². The van der Waals surface area contributed by atoms with Crippen molar-refractivity contribution in [3.05, 3.63) is 35.6 Å². The Morgan fingerprint density at radius 2 is 1.80 bits per heavy atom. The monoisotopic (exact) mass is 209 g/mol. The lowest BCUT2D eigenvalue weighted by Crippen LogP contribution is -2.27. The summed E-state index contributed by atoms with van der Waals surface area (Å²) in [6.07, 6.45) is 2.00. The zero-order valence-electron chi connectivity index (χ0n) is 8.66. The maximum atomic E-state index is 12.7. The van der Waals surface area contributed by atoms with Gasteiger partial charge in [-0.1, -0.05) is 12.1 Å². The van der Waals surface area contributed by atoms with E-state index in [4.69, 9.17) is 10.5 Å². The van der Waals surface area contributed by atoms with Gasteiger partial charge in [0.2, 0.25) is 0 Å². The third-order valence-corrected chi connectivity index (χ3v) is 3.03. The molecule has 0 radical (unpaired) electrons. The number of hydrogen-bond acceptors (Lipinski definition) is 2. The van der Waals surface area contributed by atoms with E-state index in [0.29, 0.717) is 5.92 Å². The summed E-state index contributed by atoms with van der Waals surface area (Å²) in [5, 5.41) is 0. The van der Waals surface area contributed by atoms with Crippen molar-refractivity contribution in [2.45, 2.75) is 18.9 Å². The highest BCUT2D eigenvalue weighted by Crippen LogP contribution is 2.27. The summed E-state index contributed by atoms with van der Waals surface area (Å²) in [6.45, 7) is 1.58. The number of benzene rings is 1. The van der Waals surface area contributed by atoms with Crippen LogP contribution in [0.5, 0.6) is 0 Å². The average Bonchev–Trinajstić information content (AvgIpc) is 2.30. The molecule has 1 heterocycles. The molecule has 2 rings (SSSR count). The fourth-order valence-corrected chi connectivity index (χ4v) is 2.03. The summed E-state index contributed by atoms with van der Waals surface area (Å²) < 4.78 is 18.0. The predicted molar refractivity (Wildman–Crippen MR) is 56.9 cm³/mol. The first-order valence-corrected chi connectivity index (χ1v) is 5.36. The molecule has 1 aliphatic rings. The molecule has 2 nitrogen and oxygen atoms in total. The Hall–Kier alpha value is -0.930. The lowest BCUT2D eigenvalue weighted by atomic mass is 9.88. The maximum absolute atomic E-state index is 12.7. The molecular weight excluding hydrogens is 193 g/mol. The summed E-state index contributed by atoms with van der Waals surface area (Å²) in [6, 6.07) is 6.49. The molecule has 1 aromatic carbocycles. The van der Waals surface area contributed by atoms with Crippen LogP contribution in [0.2, 0.25) is 0 Å². The lowest BCUT2D eigenvalue weighted by Gasteiger charge is -2.27. The third-order valence-electron chi connectivity index (χ3n) is 3.03. The van der Waals surface area contributed by atoms with E-state index in [2.05, 4.69) is 0 Å². The molecule has 1 aromatic rings. The van der Waals surface area contributed by atoms with Gasteiger partial charge in [-0.3, -0.25) is 0 Å². The van der Waals surface area contributed by atoms with Crippen LogP contribution in [0.1, 0.15) is 24.4 Å². The Bertz CT molecular complexity index is 306. The van der Waals surface area contributed by atoms with Crippen LogP contribution in [-0.4, -0.2) is 13.2 Å². The smallest absolute Gasteiger partial charge is 0.123 e. The number of hydrogen-bond donors (Lipinski definition) is 1. The molecule has 0 unspecified atom stereocenters. The standard InChI is InChI=1S/C12H16FNO/c13-11-3-1-9(2-4-11)12(14)10-5-7-15-8-6-10/h1-4,10,12H,5-8,14H2/t12-/m0/s1. The van der Waals surface area contributed by atoms with Crippen molar-refractivity contribution in [2.75, 3.05) is 13.2 Å². The minimum atomic E-state index is -0.210. The third kappa shape index (κ3) is 2.55. The first-order valence-electron chi connectivity index (χ1n) is 5.36. The van der Waals surface area contributed by atoms with E-state index in [9.17, 15) is 4.39 Å². The van der Waals surface area contributed by atoms with Crippen LogP contribution in [-0.2, 0) is 4.74 Å². The van der Waals surface area contributed by atoms with Gasteiger partial charge in [-0.25, -0.2) is 4.39 Å². The Balaban J connectivity index is 2.05. The second kappa shape index (κ2) is 4.73. The lowest BCUT2D eigenvalue weighted by molar-refractivity contribution is 0.0584. The zero-order valence-corrected chi connectivity index (χ0v) is 8.66. The predicted octanol–water partition coefficient (Wildman–Crippen LogP) is 2.25. The fraction of sp³-hybridized carbons (Fsp3) is 0.500. The molecule has 0 aromatic heterocycles. The van der Waals surface area contributed by atoms with E-state index in [-0.39, 0.29) is 11.9 Å². The Morgan fingerprint density at radius 1 is 1.20 bits per heavy atom. The van der Waals surface area contributed by atoms with Gasteiger partial charge in [-0.05, 0) is 36.5 Å². The Labute approximate surface area is 89.2 Å². The van der Waals surface area contributed by atoms with Crippen molar-refractivity contribution in [3.63, 3.8) is 0 Å². The summed E-state index contributed by atoms with van der Waals surface area (Å²) in [7, 11) is 0. The summed E-state index contributed by atoms with van der Waals surface area (Å²) in [4.78, 5) is 0. The highest BCUT2D eigenvalue weighted by atomic mass is 19.1. The highest BCUT2D eigenvalue weighted by Gasteiger charge is 2.21. The van der Waals surface area contributed by atoms with Crippen molar-refractivity contribution in [1.29, 1.82) is 0 Å². The molecule has 82 valence electrons. The topological polar surface area (TPSA) is 35.2 Å². The number of nitrogens with two attached hydrogens (primary N) is 1. The van der Waals surface area contributed by atoms with Crippen LogP contribution in [0, 0.1) is 11.7 Å². The first-order chi connectivity index (χ1) is 7.27. The molecule has 3 heteroatoms. The van der Waals surface area contributed by atoms with E-state index in [1.165, 1.54) is 12.1 Å². The normalized spacial score (nSPS) is 20.1. The van der Waals surface area contributed by atoms with Gasteiger partial charge in [-0.15, -0.1) is 0 Å². The Kier molecular flexibility index (Phi) is 3.34. The van der Waals surface area contributed by atoms with Gasteiger partial charge in [0.25, 0.3) is 0 Å². The van der Waals surface area contributed by atoms with Crippen LogP contribution in [0.15, 0.2) is 24.3 Å². The molecule has 0 aliphatic carbocycles. The van der Waals surface area contributed by atoms with E-state index < -0.39 is 0 Å². The molecule has 1 atom stereocenters. The molecule has 1 aliphatic heterocycles. The number of rotatable bonds is 2. The van der Waals surface area contributed by atoms with Crippen molar-refractivity contribution in [3.8, 4) is 0 Å². The SMILES string of the molecule is N[C@@H](c1ccc(F)cc1)C1CCOCC1. The van der Waals surface area contributed by atoms with Gasteiger partial charge in [0.05, 0.1) is 0 Å². The van der Waals surface area contributed by atoms with Gasteiger partial charge < -0.3 is 10.5 Å². The molecule has 1 saturated heterocycles. The van der Waals surface area contributed by atoms with Gasteiger partial charge in [0.1, 0.15) is 5.82 Å². The molecule has 0 saturated carbocycles. The van der Waals surface area contributed by atoms with Crippen LogP contribution >= 0.6 is 0 Å². The van der Waals surface area contributed by atoms with Gasteiger partial charge in [0, 0.05) is 19.3 Å². The maximum Gasteiger partial charge on any atom is 0.123 e. The van der Waals surface area contributed by atoms with Crippen LogP contribution in [0.3, 0.4) is 0 Å². The van der Waals surface area contributed by atoms with Crippen LogP contribution < -0.4 is 5.73 Å². The zero-order chi connectivity index (χ0) is 10.7. The van der Waals surface area contributed by atoms with Crippen LogP contribution in [0.4, 0.5) is 4.39 Å². The minimum absolute atomic E-state index is 0.00880. The van der Waals surface area contributed by atoms with Crippen molar-refractivity contribution >= 4 is 0 Å². The summed E-state index contributed by atoms with van der Waals surface area (Å²) >= 11 is 0. The Morgan fingerprint density at radius 3 is 2.40 bits per heavy atom. The highest BCUT2D eigenvalue weighted by molar-refractivity contribution is 5.20. The summed E-state index contributed by atoms with van der Waals surface area (Å²) in [5.41, 5.74) is 7.16. The molecule has 0 bridgehead atoms. The van der Waals surface area contributed by atoms with Crippen molar-refractivity contribution < 1.29 is 9.13 Å². The second-order valence-electron chi connectivity index (χ2n) is 4.03. The van der Waals surface area contributed by atoms with Gasteiger partial charge in [0.15, 0.2) is 0 Å². The largest absolute Gasteiger partial charge is 0.381 e. The van der Waals surface area contributed by atoms with E-state index >= 15 is 0 Å². The average molecular weight is 209 g/mol. The molecule has 0 spiro atoms. The molecule has 1 fully saturated rings. The number of halogens is 1. The van der Waals surface area contributed by atoms with Gasteiger partial charge >= 0.3 is 0 Å². The van der Waals surface area contributed by atoms with Crippen LogP contribution in [0.25, 0.3) is 0 Å². The quantitative estimate of drug-likeness (QED) is 0.810. The molecule has 2 N–H and O–H groups in total. The second-order valence-corrected chi connectivity index (χ2v) is 4.03.